The van der Waals surface area contributed by atoms with Gasteiger partial charge in [0.2, 0.25) is 0 Å². The van der Waals surface area contributed by atoms with Gasteiger partial charge < -0.3 is 0 Å². The summed E-state index contributed by atoms with van der Waals surface area (Å²) in [6.07, 6.45) is 3.26. The van der Waals surface area contributed by atoms with Crippen LogP contribution in [0.3, 0.4) is 0 Å². The Morgan fingerprint density at radius 1 is 1.30 bits per heavy atom. The van der Waals surface area contributed by atoms with Crippen LogP contribution >= 0.6 is 23.2 Å². The second kappa shape index (κ2) is 5.04. The fourth-order valence-corrected chi connectivity index (χ4v) is 2.44. The molecule has 0 bridgehead atoms. The lowest BCUT2D eigenvalue weighted by atomic mass is 10.2. The van der Waals surface area contributed by atoms with Crippen molar-refractivity contribution in [2.75, 3.05) is 0 Å². The largest absolute Gasteiger partial charge is 0.292 e. The molecule has 0 fully saturated rings. The van der Waals surface area contributed by atoms with Gasteiger partial charge >= 0.3 is 0 Å². The van der Waals surface area contributed by atoms with Crippen molar-refractivity contribution in [1.82, 2.24) is 14.5 Å². The molecule has 3 rings (SSSR count). The molecule has 0 radical (unpaired) electrons. The molecule has 3 aromatic rings. The maximum atomic E-state index is 14.2. The smallest absolute Gasteiger partial charge is 0.148 e. The maximum absolute atomic E-state index is 14.2. The number of rotatable bonds is 2. The van der Waals surface area contributed by atoms with E-state index in [1.807, 2.05) is 0 Å². The number of imidazole rings is 1. The van der Waals surface area contributed by atoms with Crippen LogP contribution in [0, 0.1) is 5.82 Å². The molecule has 1 aromatic carbocycles. The Morgan fingerprint density at radius 2 is 2.10 bits per heavy atom. The van der Waals surface area contributed by atoms with E-state index in [0.717, 1.165) is 5.52 Å². The third-order valence-corrected chi connectivity index (χ3v) is 3.42. The molecule has 2 heterocycles. The predicted molar refractivity (Wildman–Crippen MR) is 78.1 cm³/mol. The van der Waals surface area contributed by atoms with Crippen molar-refractivity contribution in [3.63, 3.8) is 0 Å². The van der Waals surface area contributed by atoms with Gasteiger partial charge in [-0.05, 0) is 31.2 Å². The van der Waals surface area contributed by atoms with Gasteiger partial charge in [-0.3, -0.25) is 9.55 Å². The molecule has 1 atom stereocenters. The molecule has 0 amide bonds. The van der Waals surface area contributed by atoms with Gasteiger partial charge in [0, 0.05) is 11.2 Å². The summed E-state index contributed by atoms with van der Waals surface area (Å²) in [6.45, 7) is 1.79. The molecule has 1 unspecified atom stereocenters. The Balaban J connectivity index is 2.36. The predicted octanol–water partition coefficient (Wildman–Crippen LogP) is 4.51. The van der Waals surface area contributed by atoms with Gasteiger partial charge in [-0.1, -0.05) is 11.6 Å². The van der Waals surface area contributed by atoms with Crippen LogP contribution in [0.2, 0.25) is 5.02 Å². The summed E-state index contributed by atoms with van der Waals surface area (Å²) in [5.41, 5.74) is 1.79. The summed E-state index contributed by atoms with van der Waals surface area (Å²) < 4.78 is 15.9. The van der Waals surface area contributed by atoms with Gasteiger partial charge in [0.15, 0.2) is 0 Å². The van der Waals surface area contributed by atoms with Crippen molar-refractivity contribution in [3.05, 3.63) is 53.3 Å². The lowest BCUT2D eigenvalue weighted by molar-refractivity contribution is 0.616. The molecule has 0 N–H and O–H groups in total. The highest BCUT2D eigenvalue weighted by Crippen LogP contribution is 2.29. The van der Waals surface area contributed by atoms with Crippen molar-refractivity contribution in [1.29, 1.82) is 0 Å². The second-order valence-corrected chi connectivity index (χ2v) is 5.47. The van der Waals surface area contributed by atoms with E-state index in [1.165, 1.54) is 6.07 Å². The lowest BCUT2D eigenvalue weighted by Gasteiger charge is -2.11. The molecule has 3 nitrogen and oxygen atoms in total. The molecule has 0 aliphatic heterocycles. The normalized spacial score (nSPS) is 12.8. The first kappa shape index (κ1) is 13.3. The first-order valence-electron chi connectivity index (χ1n) is 6.00. The Bertz CT molecular complexity index is 783. The Labute approximate surface area is 125 Å². The standard InChI is InChI=1S/C14H10Cl2FN3/c1-8(15)14-19-11-7-18-5-4-13(11)20(14)12-3-2-9(16)6-10(12)17/h2-8H,1H3. The van der Waals surface area contributed by atoms with E-state index >= 15 is 0 Å². The van der Waals surface area contributed by atoms with E-state index in [1.54, 1.807) is 42.1 Å². The van der Waals surface area contributed by atoms with Crippen molar-refractivity contribution < 1.29 is 4.39 Å². The van der Waals surface area contributed by atoms with Crippen LogP contribution in [0.4, 0.5) is 4.39 Å². The molecular weight excluding hydrogens is 300 g/mol. The van der Waals surface area contributed by atoms with E-state index in [9.17, 15) is 4.39 Å². The quantitative estimate of drug-likeness (QED) is 0.652. The monoisotopic (exact) mass is 309 g/mol. The van der Waals surface area contributed by atoms with Gasteiger partial charge in [0.1, 0.15) is 17.2 Å². The van der Waals surface area contributed by atoms with Crippen molar-refractivity contribution in [3.8, 4) is 5.69 Å². The zero-order chi connectivity index (χ0) is 14.3. The first-order chi connectivity index (χ1) is 9.58. The molecule has 102 valence electrons. The fourth-order valence-electron chi connectivity index (χ4n) is 2.13. The van der Waals surface area contributed by atoms with E-state index in [-0.39, 0.29) is 5.38 Å². The minimum absolute atomic E-state index is 0.345. The van der Waals surface area contributed by atoms with Crippen LogP contribution < -0.4 is 0 Å². The number of nitrogens with zero attached hydrogens (tertiary/aromatic N) is 3. The molecule has 0 spiro atoms. The lowest BCUT2D eigenvalue weighted by Crippen LogP contribution is -2.04. The number of halogens is 3. The van der Waals surface area contributed by atoms with Crippen molar-refractivity contribution in [2.24, 2.45) is 0 Å². The number of aromatic nitrogens is 3. The van der Waals surface area contributed by atoms with Gasteiger partial charge in [-0.15, -0.1) is 11.6 Å². The summed E-state index contributed by atoms with van der Waals surface area (Å²) in [5, 5.41) is -0.0183. The second-order valence-electron chi connectivity index (χ2n) is 4.38. The van der Waals surface area contributed by atoms with E-state index in [0.29, 0.717) is 22.1 Å². The zero-order valence-electron chi connectivity index (χ0n) is 10.5. The fraction of sp³-hybridized carbons (Fsp3) is 0.143. The first-order valence-corrected chi connectivity index (χ1v) is 6.81. The number of hydrogen-bond acceptors (Lipinski definition) is 2. The van der Waals surface area contributed by atoms with E-state index in [4.69, 9.17) is 23.2 Å². The van der Waals surface area contributed by atoms with E-state index in [2.05, 4.69) is 9.97 Å². The maximum Gasteiger partial charge on any atom is 0.148 e. The third kappa shape index (κ3) is 2.15. The van der Waals surface area contributed by atoms with E-state index < -0.39 is 5.82 Å². The average molecular weight is 310 g/mol. The molecule has 0 aliphatic rings. The number of hydrogen-bond donors (Lipinski definition) is 0. The Morgan fingerprint density at radius 3 is 2.80 bits per heavy atom. The molecule has 20 heavy (non-hydrogen) atoms. The minimum Gasteiger partial charge on any atom is -0.292 e. The minimum atomic E-state index is -0.424. The topological polar surface area (TPSA) is 30.7 Å². The Kier molecular flexibility index (Phi) is 3.36. The molecular formula is C14H10Cl2FN3. The highest BCUT2D eigenvalue weighted by atomic mass is 35.5. The molecule has 0 saturated heterocycles. The van der Waals surface area contributed by atoms with Crippen molar-refractivity contribution in [2.45, 2.75) is 12.3 Å². The number of benzene rings is 1. The summed E-state index contributed by atoms with van der Waals surface area (Å²) in [5.74, 6) is 0.142. The summed E-state index contributed by atoms with van der Waals surface area (Å²) >= 11 is 12.0. The number of alkyl halides is 1. The molecule has 0 saturated carbocycles. The van der Waals surface area contributed by atoms with Crippen LogP contribution in [-0.2, 0) is 0 Å². The van der Waals surface area contributed by atoms with Crippen LogP contribution in [-0.4, -0.2) is 14.5 Å². The highest BCUT2D eigenvalue weighted by Gasteiger charge is 2.18. The third-order valence-electron chi connectivity index (χ3n) is 2.99. The average Bonchev–Trinajstić information content (AvgIpc) is 2.78. The van der Waals surface area contributed by atoms with Crippen LogP contribution in [0.25, 0.3) is 16.7 Å². The van der Waals surface area contributed by atoms with Gasteiger partial charge in [0.25, 0.3) is 0 Å². The number of fused-ring (bicyclic) bond motifs is 1. The molecule has 0 aliphatic carbocycles. The van der Waals surface area contributed by atoms with Crippen LogP contribution in [0.1, 0.15) is 18.1 Å². The Hall–Kier alpha value is -1.65. The summed E-state index contributed by atoms with van der Waals surface area (Å²) in [4.78, 5) is 8.44. The van der Waals surface area contributed by atoms with Crippen LogP contribution in [0.15, 0.2) is 36.7 Å². The van der Waals surface area contributed by atoms with Gasteiger partial charge in [0.05, 0.1) is 22.8 Å². The number of pyridine rings is 1. The SMILES string of the molecule is CC(Cl)c1nc2cnccc2n1-c1ccc(Cl)cc1F. The highest BCUT2D eigenvalue weighted by molar-refractivity contribution is 6.30. The van der Waals surface area contributed by atoms with Gasteiger partial charge in [-0.25, -0.2) is 9.37 Å². The molecule has 2 aromatic heterocycles. The zero-order valence-corrected chi connectivity index (χ0v) is 12.0. The summed E-state index contributed by atoms with van der Waals surface area (Å²) in [6, 6.07) is 6.30. The van der Waals surface area contributed by atoms with Gasteiger partial charge in [-0.2, -0.15) is 0 Å². The summed E-state index contributed by atoms with van der Waals surface area (Å²) in [7, 11) is 0. The van der Waals surface area contributed by atoms with Crippen LogP contribution in [0.5, 0.6) is 0 Å². The molecule has 6 heteroatoms. The van der Waals surface area contributed by atoms with Crippen molar-refractivity contribution >= 4 is 34.2 Å².